The van der Waals surface area contributed by atoms with Gasteiger partial charge in [0.1, 0.15) is 0 Å². The molecular formula is C52H38N4. The van der Waals surface area contributed by atoms with Crippen molar-refractivity contribution in [2.75, 3.05) is 0 Å². The highest BCUT2D eigenvalue weighted by atomic mass is 15.0. The standard InChI is InChI=1S/C52H38N4/c1-5-13-34(14-6-1)38-21-26-46-47-27-22-39(35-15-7-2-8-16-35)33-49(47)56(48(46)32-38)43-24-28-45-42(31-43)30-41-29-40(23-25-44(41)45)52-54-50(36-17-9-3-10-18-36)53-51(55-52)37-19-11-4-12-20-37/h1,3-7,9-21,23-26,28-29,31-33H,2,8,22,27,30H2. The molecule has 0 atom stereocenters. The van der Waals surface area contributed by atoms with E-state index >= 15 is 0 Å². The third-order valence-electron chi connectivity index (χ3n) is 11.6. The summed E-state index contributed by atoms with van der Waals surface area (Å²) < 4.78 is 2.53. The first-order valence-corrected chi connectivity index (χ1v) is 19.7. The minimum atomic E-state index is 0.675. The quantitative estimate of drug-likeness (QED) is 0.172. The van der Waals surface area contributed by atoms with Crippen LogP contribution in [0.15, 0.2) is 175 Å². The second-order valence-corrected chi connectivity index (χ2v) is 15.0. The Morgan fingerprint density at radius 3 is 1.80 bits per heavy atom. The first-order valence-electron chi connectivity index (χ1n) is 19.7. The number of rotatable bonds is 6. The lowest BCUT2D eigenvalue weighted by Crippen LogP contribution is -2.05. The third-order valence-corrected chi connectivity index (χ3v) is 11.6. The van der Waals surface area contributed by atoms with Crippen molar-refractivity contribution in [3.8, 4) is 62.1 Å². The summed E-state index contributed by atoms with van der Waals surface area (Å²) in [5, 5.41) is 1.35. The molecule has 6 aromatic carbocycles. The maximum absolute atomic E-state index is 5.02. The van der Waals surface area contributed by atoms with Crippen LogP contribution in [0.25, 0.3) is 79.1 Å². The smallest absolute Gasteiger partial charge is 0.164 e. The van der Waals surface area contributed by atoms with Crippen LogP contribution in [-0.2, 0) is 12.8 Å². The second kappa shape index (κ2) is 13.4. The fourth-order valence-electron chi connectivity index (χ4n) is 8.87. The Hall–Kier alpha value is -6.91. The van der Waals surface area contributed by atoms with Gasteiger partial charge in [0.2, 0.25) is 0 Å². The predicted octanol–water partition coefficient (Wildman–Crippen LogP) is 12.7. The van der Waals surface area contributed by atoms with Crippen molar-refractivity contribution in [2.24, 2.45) is 0 Å². The summed E-state index contributed by atoms with van der Waals surface area (Å²) in [6, 6.07) is 51.9. The van der Waals surface area contributed by atoms with Crippen molar-refractivity contribution in [3.63, 3.8) is 0 Å². The molecule has 4 heteroatoms. The molecule has 3 aliphatic rings. The van der Waals surface area contributed by atoms with Gasteiger partial charge < -0.3 is 4.57 Å². The van der Waals surface area contributed by atoms with Gasteiger partial charge in [-0.1, -0.05) is 140 Å². The van der Waals surface area contributed by atoms with Crippen molar-refractivity contribution in [1.82, 2.24) is 19.5 Å². The van der Waals surface area contributed by atoms with Crippen molar-refractivity contribution in [3.05, 3.63) is 197 Å². The predicted molar refractivity (Wildman–Crippen MR) is 229 cm³/mol. The summed E-state index contributed by atoms with van der Waals surface area (Å²) >= 11 is 0. The Balaban J connectivity index is 1.01. The van der Waals surface area contributed by atoms with Crippen molar-refractivity contribution in [1.29, 1.82) is 0 Å². The average molecular weight is 719 g/mol. The highest BCUT2D eigenvalue weighted by Crippen LogP contribution is 2.43. The summed E-state index contributed by atoms with van der Waals surface area (Å²) in [5.41, 5.74) is 18.7. The van der Waals surface area contributed by atoms with Gasteiger partial charge in [-0.25, -0.2) is 15.0 Å². The van der Waals surface area contributed by atoms with Gasteiger partial charge in [-0.15, -0.1) is 0 Å². The van der Waals surface area contributed by atoms with E-state index in [0.29, 0.717) is 17.5 Å². The molecule has 3 aliphatic carbocycles. The molecule has 8 aromatic rings. The number of aryl methyl sites for hydroxylation is 1. The van der Waals surface area contributed by atoms with Gasteiger partial charge in [-0.2, -0.15) is 0 Å². The Morgan fingerprint density at radius 1 is 0.500 bits per heavy atom. The molecule has 266 valence electrons. The van der Waals surface area contributed by atoms with Gasteiger partial charge in [0.15, 0.2) is 17.5 Å². The number of hydrogen-bond acceptors (Lipinski definition) is 3. The molecule has 0 N–H and O–H groups in total. The number of aromatic nitrogens is 4. The van der Waals surface area contributed by atoms with E-state index in [9.17, 15) is 0 Å². The molecule has 2 heterocycles. The molecule has 0 bridgehead atoms. The van der Waals surface area contributed by atoms with Crippen molar-refractivity contribution >= 4 is 17.0 Å². The minimum absolute atomic E-state index is 0.675. The molecule has 0 fully saturated rings. The zero-order valence-corrected chi connectivity index (χ0v) is 31.0. The Kier molecular flexibility index (Phi) is 7.80. The van der Waals surface area contributed by atoms with E-state index in [4.69, 9.17) is 15.0 Å². The third kappa shape index (κ3) is 5.65. The summed E-state index contributed by atoms with van der Waals surface area (Å²) in [4.78, 5) is 15.0. The fraction of sp³-hybridized carbons (Fsp3) is 0.0962. The molecule has 0 spiro atoms. The number of benzene rings is 6. The van der Waals surface area contributed by atoms with E-state index in [1.54, 1.807) is 0 Å². The van der Waals surface area contributed by atoms with Crippen LogP contribution in [0.4, 0.5) is 0 Å². The summed E-state index contributed by atoms with van der Waals surface area (Å²) in [5.74, 6) is 2.03. The lowest BCUT2D eigenvalue weighted by molar-refractivity contribution is 0.917. The van der Waals surface area contributed by atoms with Crippen LogP contribution in [-0.4, -0.2) is 19.5 Å². The first kappa shape index (κ1) is 32.5. The summed E-state index contributed by atoms with van der Waals surface area (Å²) in [6.07, 6.45) is 14.7. The van der Waals surface area contributed by atoms with E-state index in [0.717, 1.165) is 48.8 Å². The number of allylic oxidation sites excluding steroid dienone is 5. The van der Waals surface area contributed by atoms with Crippen LogP contribution < -0.4 is 0 Å². The number of nitrogens with zero attached hydrogens (tertiary/aromatic N) is 4. The Bertz CT molecular complexity index is 2860. The molecule has 0 aliphatic heterocycles. The molecule has 0 amide bonds. The van der Waals surface area contributed by atoms with E-state index in [1.807, 2.05) is 36.4 Å². The normalized spacial score (nSPS) is 14.2. The van der Waals surface area contributed by atoms with Crippen molar-refractivity contribution in [2.45, 2.75) is 32.1 Å². The minimum Gasteiger partial charge on any atom is -0.310 e. The summed E-state index contributed by atoms with van der Waals surface area (Å²) in [7, 11) is 0. The highest BCUT2D eigenvalue weighted by molar-refractivity contribution is 5.94. The number of fused-ring (bicyclic) bond motifs is 6. The Morgan fingerprint density at radius 2 is 1.12 bits per heavy atom. The van der Waals surface area contributed by atoms with Crippen LogP contribution in [0.5, 0.6) is 0 Å². The largest absolute Gasteiger partial charge is 0.310 e. The summed E-state index contributed by atoms with van der Waals surface area (Å²) in [6.45, 7) is 0. The van der Waals surface area contributed by atoms with Gasteiger partial charge in [0, 0.05) is 27.8 Å². The lowest BCUT2D eigenvalue weighted by atomic mass is 9.88. The number of hydrogen-bond donors (Lipinski definition) is 0. The van der Waals surface area contributed by atoms with Gasteiger partial charge in [-0.05, 0) is 113 Å². The zero-order chi connectivity index (χ0) is 37.0. The van der Waals surface area contributed by atoms with Crippen LogP contribution >= 0.6 is 0 Å². The SMILES string of the molecule is C1=CC(C2=Cc3c(c4ccc(-c5ccccc5)cc4n3-c3ccc4c(c3)Cc3cc(-c5nc(-c6ccccc6)nc(-c6ccccc6)n5)ccc3-4)CC2)=CCC1. The maximum Gasteiger partial charge on any atom is 0.164 e. The second-order valence-electron chi connectivity index (χ2n) is 15.0. The topological polar surface area (TPSA) is 43.6 Å². The van der Waals surface area contributed by atoms with Gasteiger partial charge in [0.25, 0.3) is 0 Å². The molecule has 0 saturated carbocycles. The average Bonchev–Trinajstić information content (AvgIpc) is 3.81. The Labute approximate surface area is 326 Å². The van der Waals surface area contributed by atoms with Crippen LogP contribution in [0.3, 0.4) is 0 Å². The van der Waals surface area contributed by atoms with E-state index in [-0.39, 0.29) is 0 Å². The first-order chi connectivity index (χ1) is 27.7. The fourth-order valence-corrected chi connectivity index (χ4v) is 8.87. The molecule has 0 unspecified atom stereocenters. The van der Waals surface area contributed by atoms with Crippen LogP contribution in [0.1, 0.15) is 41.6 Å². The molecule has 2 aromatic heterocycles. The van der Waals surface area contributed by atoms with E-state index < -0.39 is 0 Å². The molecule has 4 nitrogen and oxygen atoms in total. The maximum atomic E-state index is 5.02. The molecular weight excluding hydrogens is 681 g/mol. The van der Waals surface area contributed by atoms with Gasteiger partial charge >= 0.3 is 0 Å². The molecule has 0 radical (unpaired) electrons. The molecule has 11 rings (SSSR count). The molecule has 0 saturated heterocycles. The van der Waals surface area contributed by atoms with Crippen LogP contribution in [0, 0.1) is 0 Å². The van der Waals surface area contributed by atoms with E-state index in [2.05, 4.69) is 138 Å². The lowest BCUT2D eigenvalue weighted by Gasteiger charge is -2.19. The zero-order valence-electron chi connectivity index (χ0n) is 31.0. The van der Waals surface area contributed by atoms with Crippen LogP contribution in [0.2, 0.25) is 0 Å². The monoisotopic (exact) mass is 718 g/mol. The highest BCUT2D eigenvalue weighted by Gasteiger charge is 2.25. The van der Waals surface area contributed by atoms with E-state index in [1.165, 1.54) is 72.4 Å². The van der Waals surface area contributed by atoms with Gasteiger partial charge in [0.05, 0.1) is 11.2 Å². The molecule has 56 heavy (non-hydrogen) atoms. The van der Waals surface area contributed by atoms with Crippen molar-refractivity contribution < 1.29 is 0 Å². The van der Waals surface area contributed by atoms with Gasteiger partial charge in [-0.3, -0.25) is 0 Å².